The van der Waals surface area contributed by atoms with Crippen molar-refractivity contribution >= 4 is 177 Å². The molecule has 3 aliphatic rings. The van der Waals surface area contributed by atoms with E-state index in [0.29, 0.717) is 126 Å². The van der Waals surface area contributed by atoms with Gasteiger partial charge in [-0.25, -0.2) is 52.4 Å². The van der Waals surface area contributed by atoms with E-state index in [2.05, 4.69) is 72.1 Å². The zero-order chi connectivity index (χ0) is 93.3. The maximum Gasteiger partial charge on any atom is 0.526 e. The van der Waals surface area contributed by atoms with Crippen LogP contribution in [-0.4, -0.2) is 207 Å². The van der Waals surface area contributed by atoms with Gasteiger partial charge in [-0.05, 0) is 134 Å². The van der Waals surface area contributed by atoms with Crippen LogP contribution in [0.15, 0.2) is 145 Å². The number of carbonyl (C=O) groups is 3. The molecule has 3 fully saturated rings. The normalized spacial score (nSPS) is 13.9. The van der Waals surface area contributed by atoms with Crippen LogP contribution in [-0.2, 0) is 18.8 Å². The van der Waals surface area contributed by atoms with E-state index in [1.165, 1.54) is 54.9 Å². The van der Waals surface area contributed by atoms with E-state index < -0.39 is 48.7 Å². The topological polar surface area (TPSA) is 366 Å². The first-order valence-electron chi connectivity index (χ1n) is 38.9. The van der Waals surface area contributed by atoms with Crippen molar-refractivity contribution in [3.63, 3.8) is 0 Å². The Morgan fingerprint density at radius 2 is 0.961 bits per heavy atom. The molecule has 0 saturated carbocycles. The number of rotatable bonds is 14. The van der Waals surface area contributed by atoms with Crippen molar-refractivity contribution < 1.29 is 97.4 Å². The van der Waals surface area contributed by atoms with Gasteiger partial charge in [0.25, 0.3) is 17.7 Å². The van der Waals surface area contributed by atoms with Gasteiger partial charge in [-0.2, -0.15) is 19.6 Å². The van der Waals surface area contributed by atoms with Gasteiger partial charge in [0.15, 0.2) is 60.9 Å². The number of hydrogen-bond donors (Lipinski definition) is 2. The molecule has 0 aliphatic carbocycles. The quantitative estimate of drug-likeness (QED) is 0.0336. The number of pyridine rings is 7. The van der Waals surface area contributed by atoms with Gasteiger partial charge in [0.1, 0.15) is 114 Å². The average molecular weight is 2000 g/mol. The van der Waals surface area contributed by atoms with E-state index in [1.54, 1.807) is 103 Å². The van der Waals surface area contributed by atoms with Gasteiger partial charge < -0.3 is 80.1 Å². The largest absolute Gasteiger partial charge is 0.526 e. The summed E-state index contributed by atoms with van der Waals surface area (Å²) in [5, 5.41) is 36.4. The standard InChI is InChI=1S/C28H25FN4O5.C18H24BNO4.C16H13ClFN3O3.C9H11BrN2O.C7H4BClFNO3.C7H2ClFINO.BH3P/c1-33(2)28(34)18-11-23(35-3)26(32-14-18)24-12-21-27(38-24)25(20(29)15-31-21)16-4-5-22(17(10-16)13-30)37-19-6-8-36-9-7-19;1-17(2)18(3,4)24-19(23-17)14-5-6-16(13(11-14)12-20)22-15-7-9-21-10-8-15;1-21(2)16(22)8-4-11(23-3)14(20-6-8)12-5-10-15(24-12)13(17)9(18)7-19-10;1-6-4-7(5-11-8(6)10)9(13)12(2)3;9-6-3(10)2-11-4-1-5(8(12)13)14-7(4)6;8-6-3(9)2-11-4-1-5(10)12-7(4)6;1-2/h4-5,10-12,14-15,19H,6-9H2,1-3H3;5-6,11,15H,7-10H2,1-4H3;4-7H,1-3H3;4-5H,1-3H3;1-2,12-13H;1-2H;1H,2H2/i;;;;;;1D. The fourth-order valence-electron chi connectivity index (χ4n) is 12.3. The van der Waals surface area contributed by atoms with Crippen molar-refractivity contribution in [2.45, 2.75) is 83.7 Å². The predicted molar refractivity (Wildman–Crippen MR) is 487 cm³/mol. The molecule has 1 atom stereocenters. The highest BCUT2D eigenvalue weighted by Crippen LogP contribution is 2.42. The lowest BCUT2D eigenvalue weighted by Crippen LogP contribution is -2.41. The van der Waals surface area contributed by atoms with Crippen LogP contribution < -0.4 is 30.1 Å². The Labute approximate surface area is 769 Å². The molecule has 11 aromatic heterocycles. The minimum absolute atomic E-state index is 0.00904. The van der Waals surface area contributed by atoms with Gasteiger partial charge in [-0.1, -0.05) is 46.9 Å². The molecular weight excluding hydrogens is 1910 g/mol. The second kappa shape index (κ2) is 44.0. The van der Waals surface area contributed by atoms with E-state index in [4.69, 9.17) is 102 Å². The molecule has 0 bridgehead atoms. The highest BCUT2D eigenvalue weighted by molar-refractivity contribution is 14.1. The highest BCUT2D eigenvalue weighted by Gasteiger charge is 2.52. The van der Waals surface area contributed by atoms with Crippen LogP contribution in [0.5, 0.6) is 23.0 Å². The summed E-state index contributed by atoms with van der Waals surface area (Å²) >= 11 is 22.3. The number of ether oxygens (including phenoxy) is 6. The van der Waals surface area contributed by atoms with Crippen molar-refractivity contribution in [1.29, 1.82) is 11.9 Å². The van der Waals surface area contributed by atoms with Gasteiger partial charge in [-0.15, -0.1) is 0 Å². The van der Waals surface area contributed by atoms with Crippen molar-refractivity contribution in [1.82, 2.24) is 49.6 Å². The maximum atomic E-state index is 15.2. The SMILES string of the molecule is CC1(C)OB(c2ccc(OC3CCOCC3)c(C#N)c2)OC1(C)C.COc1cc(C(=O)N(C)C)cnc1-c1cc2ncc(F)c(-c3ccc(OC4CCOCC4)c(C#N)c3)c2o1.COc1cc(C(=O)N(C)C)cnc1-c1cc2ncc(F)c(Cl)c2o1.Cc1cc(C(=O)N(C)C)cnc1Br.Fc1cnc2cc(I)oc2c1Cl.OB(O)c1cc2ncc(F)c(Cl)c2o1.[2H][B]P. The summed E-state index contributed by atoms with van der Waals surface area (Å²) in [6.45, 7) is 12.6. The Kier molecular flexibility index (Phi) is 33.6. The third-order valence-electron chi connectivity index (χ3n) is 19.6. The number of furan rings is 4. The number of aromatic nitrogens is 7. The summed E-state index contributed by atoms with van der Waals surface area (Å²) in [6.07, 6.45) is 11.8. The minimum Gasteiger partial charge on any atom is -0.494 e. The molecule has 2 N–H and O–H groups in total. The lowest BCUT2D eigenvalue weighted by Gasteiger charge is -2.32. The van der Waals surface area contributed by atoms with Crippen LogP contribution in [0.25, 0.3) is 78.4 Å². The fraction of sp³-hybridized carbons (Fsp3) is 0.294. The smallest absolute Gasteiger partial charge is 0.494 e. The van der Waals surface area contributed by atoms with Crippen molar-refractivity contribution in [2.24, 2.45) is 0 Å². The molecule has 29 nitrogen and oxygen atoms in total. The Hall–Kier alpha value is -10.6. The number of amides is 3. The molecule has 0 spiro atoms. The molecule has 14 heterocycles. The number of hydrogen-bond acceptors (Lipinski definition) is 26. The average Bonchev–Trinajstić information content (AvgIpc) is 1.60. The number of nitrogens with zero attached hydrogens (tertiary/aromatic N) is 12. The third kappa shape index (κ3) is 23.9. The summed E-state index contributed by atoms with van der Waals surface area (Å²) in [4.78, 5) is 68.5. The van der Waals surface area contributed by atoms with E-state index in [0.717, 1.165) is 66.1 Å². The molecule has 3 saturated heterocycles. The maximum absolute atomic E-state index is 15.2. The Morgan fingerprint density at radius 3 is 1.40 bits per heavy atom. The van der Waals surface area contributed by atoms with Gasteiger partial charge in [-0.3, -0.25) is 14.4 Å². The second-order valence-electron chi connectivity index (χ2n) is 29.5. The molecule has 127 heavy (non-hydrogen) atoms. The number of methoxy groups -OCH3 is 2. The van der Waals surface area contributed by atoms with Crippen LogP contribution in [0.3, 0.4) is 0 Å². The molecule has 661 valence electrons. The highest BCUT2D eigenvalue weighted by atomic mass is 127. The van der Waals surface area contributed by atoms with Gasteiger partial charge >= 0.3 is 14.2 Å². The summed E-state index contributed by atoms with van der Waals surface area (Å²) in [7, 11) is 14.0. The summed E-state index contributed by atoms with van der Waals surface area (Å²) in [5.41, 5.74) is 6.60. The predicted octanol–water partition coefficient (Wildman–Crippen LogP) is 15.7. The van der Waals surface area contributed by atoms with E-state index in [1.807, 2.05) is 75.4 Å². The van der Waals surface area contributed by atoms with Crippen LogP contribution >= 0.6 is 82.4 Å². The lowest BCUT2D eigenvalue weighted by molar-refractivity contribution is 0.00578. The zero-order valence-corrected chi connectivity index (χ0v) is 77.6. The zero-order valence-electron chi connectivity index (χ0n) is 71.5. The minimum atomic E-state index is -1.76. The van der Waals surface area contributed by atoms with Crippen LogP contribution in [0, 0.1) is 56.6 Å². The third-order valence-corrected chi connectivity index (χ3v) is 22.0. The molecule has 3 amide bonds. The molecular formula is C85H82B3BrCl3F4IN12O17P. The first-order valence-corrected chi connectivity index (χ1v) is 42.0. The molecule has 1 radical (unpaired) electrons. The van der Waals surface area contributed by atoms with Gasteiger partial charge in [0.2, 0.25) is 0 Å². The summed E-state index contributed by atoms with van der Waals surface area (Å²) in [5.74, 6) is -0.682. The molecule has 42 heteroatoms. The van der Waals surface area contributed by atoms with Crippen molar-refractivity contribution in [3.05, 3.63) is 202 Å². The number of carbonyl (C=O) groups excluding carboxylic acids is 3. The number of nitriles is 2. The Bertz CT molecular complexity index is 6270. The van der Waals surface area contributed by atoms with Crippen molar-refractivity contribution in [2.75, 3.05) is 82.9 Å². The first-order chi connectivity index (χ1) is 60.8. The Morgan fingerprint density at radius 1 is 0.567 bits per heavy atom. The molecule has 16 rings (SSSR count). The molecule has 13 aromatic rings. The number of halogens is 9. The lowest BCUT2D eigenvalue weighted by atomic mass is 9.78. The molecule has 1 unspecified atom stereocenters. The number of aryl methyl sites for hydroxylation is 1. The first kappa shape index (κ1) is 97.0. The van der Waals surface area contributed by atoms with Crippen molar-refractivity contribution in [3.8, 4) is 69.2 Å². The van der Waals surface area contributed by atoms with E-state index in [-0.39, 0.29) is 84.0 Å². The van der Waals surface area contributed by atoms with Gasteiger partial charge in [0, 0.05) is 111 Å². The number of fused-ring (bicyclic) bond motifs is 4. The fourth-order valence-corrected chi connectivity index (χ4v) is 13.6. The second-order valence-corrected chi connectivity index (χ2v) is 32.5. The van der Waals surface area contributed by atoms with E-state index >= 15 is 4.39 Å². The summed E-state index contributed by atoms with van der Waals surface area (Å²) in [6, 6.07) is 26.0. The summed E-state index contributed by atoms with van der Waals surface area (Å²) < 4.78 is 129. The number of benzene rings is 2. The van der Waals surface area contributed by atoms with Crippen LogP contribution in [0.1, 0.15) is 101 Å². The monoisotopic (exact) mass is 1990 g/mol. The van der Waals surface area contributed by atoms with E-state index in [9.17, 15) is 38.1 Å². The van der Waals surface area contributed by atoms with Crippen LogP contribution in [0.4, 0.5) is 17.6 Å². The van der Waals surface area contributed by atoms with Gasteiger partial charge in [0.05, 0.1) is 110 Å². The molecule has 2 aromatic carbocycles. The Balaban J connectivity index is 0.000000167. The van der Waals surface area contributed by atoms with Crippen LogP contribution in [0.2, 0.25) is 15.1 Å². The molecule has 3 aliphatic heterocycles.